The third-order valence-corrected chi connectivity index (χ3v) is 2.72. The molecule has 0 aliphatic rings. The molecule has 0 rings (SSSR count). The van der Waals surface area contributed by atoms with Gasteiger partial charge in [0.15, 0.2) is 0 Å². The first-order valence-electron chi connectivity index (χ1n) is 5.29. The van der Waals surface area contributed by atoms with Gasteiger partial charge in [-0.05, 0) is 28.2 Å². The van der Waals surface area contributed by atoms with E-state index in [1.165, 1.54) is 0 Å². The molecule has 0 aromatic carbocycles. The van der Waals surface area contributed by atoms with Crippen LogP contribution >= 0.6 is 24.4 Å². The van der Waals surface area contributed by atoms with Crippen molar-refractivity contribution in [1.82, 2.24) is 20.4 Å². The van der Waals surface area contributed by atoms with Gasteiger partial charge in [-0.1, -0.05) is 24.4 Å². The number of hydrogen-bond donors (Lipinski definition) is 2. The average Bonchev–Trinajstić information content (AvgIpc) is 2.16. The number of hydrogen-bond acceptors (Lipinski definition) is 4. The van der Waals surface area contributed by atoms with Crippen LogP contribution in [0.1, 0.15) is 0 Å². The van der Waals surface area contributed by atoms with Crippen molar-refractivity contribution in [2.75, 3.05) is 54.4 Å². The number of nitrogens with one attached hydrogen (secondary N) is 2. The smallest absolute Gasteiger partial charge is 0.134 e. The Labute approximate surface area is 109 Å². The maximum atomic E-state index is 5.16. The van der Waals surface area contributed by atoms with Crippen molar-refractivity contribution in [1.29, 1.82) is 0 Å². The molecule has 16 heavy (non-hydrogen) atoms. The molecule has 4 nitrogen and oxygen atoms in total. The van der Waals surface area contributed by atoms with E-state index in [-0.39, 0.29) is 0 Å². The molecule has 0 aliphatic heterocycles. The zero-order valence-electron chi connectivity index (χ0n) is 10.5. The van der Waals surface area contributed by atoms with Crippen LogP contribution in [0.15, 0.2) is 0 Å². The highest BCUT2D eigenvalue weighted by atomic mass is 32.1. The standard InChI is InChI=1S/C10H22N4S2/c1-13(2)7-5-11-9(15)10(16)12-6-8-14(3)4/h5-8H2,1-4H3,(H,11,15)(H,12,16). The third-order valence-electron chi connectivity index (χ3n) is 1.90. The average molecular weight is 262 g/mol. The fraction of sp³-hybridized carbons (Fsp3) is 0.800. The zero-order chi connectivity index (χ0) is 12.6. The van der Waals surface area contributed by atoms with E-state index in [0.717, 1.165) is 26.2 Å². The highest BCUT2D eigenvalue weighted by Gasteiger charge is 2.03. The summed E-state index contributed by atoms with van der Waals surface area (Å²) in [6.45, 7) is 3.53. The largest absolute Gasteiger partial charge is 0.373 e. The van der Waals surface area contributed by atoms with Crippen molar-refractivity contribution in [2.24, 2.45) is 0 Å². The Balaban J connectivity index is 3.62. The minimum Gasteiger partial charge on any atom is -0.373 e. The SMILES string of the molecule is CN(C)CCNC(=S)C(=S)NCCN(C)C. The maximum absolute atomic E-state index is 5.16. The Kier molecular flexibility index (Phi) is 8.64. The highest BCUT2D eigenvalue weighted by Crippen LogP contribution is 1.80. The van der Waals surface area contributed by atoms with Crippen LogP contribution in [0.3, 0.4) is 0 Å². The molecule has 6 heteroatoms. The van der Waals surface area contributed by atoms with E-state index >= 15 is 0 Å². The van der Waals surface area contributed by atoms with Gasteiger partial charge in [0.2, 0.25) is 0 Å². The van der Waals surface area contributed by atoms with Gasteiger partial charge in [0.25, 0.3) is 0 Å². The summed E-state index contributed by atoms with van der Waals surface area (Å²) in [4.78, 5) is 5.46. The Bertz CT molecular complexity index is 205. The summed E-state index contributed by atoms with van der Waals surface area (Å²) in [5.41, 5.74) is 0. The summed E-state index contributed by atoms with van der Waals surface area (Å²) in [5.74, 6) is 0. The Hall–Kier alpha value is -0.300. The molecular formula is C10H22N4S2. The molecule has 0 fully saturated rings. The summed E-state index contributed by atoms with van der Waals surface area (Å²) >= 11 is 10.3. The second-order valence-corrected chi connectivity index (χ2v) is 4.93. The molecule has 0 amide bonds. The minimum atomic E-state index is 0.635. The predicted octanol–water partition coefficient (Wildman–Crippen LogP) is -0.0564. The topological polar surface area (TPSA) is 30.5 Å². The lowest BCUT2D eigenvalue weighted by Gasteiger charge is -2.15. The van der Waals surface area contributed by atoms with Crippen molar-refractivity contribution < 1.29 is 0 Å². The molecule has 0 bridgehead atoms. The van der Waals surface area contributed by atoms with Crippen molar-refractivity contribution in [3.8, 4) is 0 Å². The van der Waals surface area contributed by atoms with E-state index in [1.807, 2.05) is 28.2 Å². The molecule has 0 atom stereocenters. The first-order valence-corrected chi connectivity index (χ1v) is 6.10. The van der Waals surface area contributed by atoms with Crippen molar-refractivity contribution >= 4 is 34.4 Å². The van der Waals surface area contributed by atoms with Crippen LogP contribution in [0.4, 0.5) is 0 Å². The summed E-state index contributed by atoms with van der Waals surface area (Å²) in [6, 6.07) is 0. The van der Waals surface area contributed by atoms with E-state index in [1.54, 1.807) is 0 Å². The Morgan fingerprint density at radius 3 is 1.38 bits per heavy atom. The number of nitrogens with zero attached hydrogens (tertiary/aromatic N) is 2. The van der Waals surface area contributed by atoms with Crippen LogP contribution in [0.5, 0.6) is 0 Å². The van der Waals surface area contributed by atoms with Crippen LogP contribution in [0.25, 0.3) is 0 Å². The summed E-state index contributed by atoms with van der Waals surface area (Å²) in [6.07, 6.45) is 0. The Morgan fingerprint density at radius 1 is 0.812 bits per heavy atom. The molecule has 0 aromatic heterocycles. The van der Waals surface area contributed by atoms with Gasteiger partial charge in [-0.15, -0.1) is 0 Å². The Morgan fingerprint density at radius 2 is 1.12 bits per heavy atom. The van der Waals surface area contributed by atoms with E-state index in [0.29, 0.717) is 9.98 Å². The zero-order valence-corrected chi connectivity index (χ0v) is 12.2. The van der Waals surface area contributed by atoms with Crippen LogP contribution in [-0.4, -0.2) is 74.1 Å². The molecule has 0 radical (unpaired) electrons. The first kappa shape index (κ1) is 15.7. The van der Waals surface area contributed by atoms with E-state index in [2.05, 4.69) is 20.4 Å². The predicted molar refractivity (Wildman–Crippen MR) is 78.3 cm³/mol. The lowest BCUT2D eigenvalue weighted by molar-refractivity contribution is 0.412. The third kappa shape index (κ3) is 8.96. The molecule has 0 unspecified atom stereocenters. The molecule has 0 saturated heterocycles. The van der Waals surface area contributed by atoms with Gasteiger partial charge < -0.3 is 20.4 Å². The van der Waals surface area contributed by atoms with Crippen molar-refractivity contribution in [2.45, 2.75) is 0 Å². The van der Waals surface area contributed by atoms with Crippen LogP contribution in [-0.2, 0) is 0 Å². The molecule has 2 N–H and O–H groups in total. The second-order valence-electron chi connectivity index (χ2n) is 4.12. The molecule has 0 spiro atoms. The number of thiocarbonyl (C=S) groups is 2. The molecular weight excluding hydrogens is 240 g/mol. The summed E-state index contributed by atoms with van der Waals surface area (Å²) < 4.78 is 0. The summed E-state index contributed by atoms with van der Waals surface area (Å²) in [7, 11) is 8.10. The summed E-state index contributed by atoms with van der Waals surface area (Å²) in [5, 5.41) is 6.25. The molecule has 0 heterocycles. The van der Waals surface area contributed by atoms with Gasteiger partial charge in [0.1, 0.15) is 9.98 Å². The molecule has 0 aliphatic carbocycles. The first-order chi connectivity index (χ1) is 7.43. The van der Waals surface area contributed by atoms with E-state index in [4.69, 9.17) is 24.4 Å². The highest BCUT2D eigenvalue weighted by molar-refractivity contribution is 7.89. The fourth-order valence-corrected chi connectivity index (χ4v) is 1.30. The van der Waals surface area contributed by atoms with Gasteiger partial charge in [0.05, 0.1) is 0 Å². The molecule has 94 valence electrons. The van der Waals surface area contributed by atoms with Crippen LogP contribution < -0.4 is 10.6 Å². The minimum absolute atomic E-state index is 0.635. The van der Waals surface area contributed by atoms with Gasteiger partial charge in [-0.25, -0.2) is 0 Å². The number of likely N-dealkylation sites (N-methyl/N-ethyl adjacent to an activating group) is 2. The molecule has 0 saturated carbocycles. The van der Waals surface area contributed by atoms with Gasteiger partial charge in [-0.3, -0.25) is 0 Å². The monoisotopic (exact) mass is 262 g/mol. The van der Waals surface area contributed by atoms with Gasteiger partial charge in [0, 0.05) is 26.2 Å². The van der Waals surface area contributed by atoms with Gasteiger partial charge in [-0.2, -0.15) is 0 Å². The van der Waals surface area contributed by atoms with Gasteiger partial charge >= 0.3 is 0 Å². The lowest BCUT2D eigenvalue weighted by atomic mass is 10.5. The van der Waals surface area contributed by atoms with Crippen molar-refractivity contribution in [3.05, 3.63) is 0 Å². The normalized spacial score (nSPS) is 10.6. The van der Waals surface area contributed by atoms with Crippen LogP contribution in [0.2, 0.25) is 0 Å². The van der Waals surface area contributed by atoms with E-state index < -0.39 is 0 Å². The lowest BCUT2D eigenvalue weighted by Crippen LogP contribution is -2.41. The van der Waals surface area contributed by atoms with Crippen molar-refractivity contribution in [3.63, 3.8) is 0 Å². The number of rotatable bonds is 6. The maximum Gasteiger partial charge on any atom is 0.134 e. The fourth-order valence-electron chi connectivity index (χ4n) is 0.947. The molecule has 0 aromatic rings. The second kappa shape index (κ2) is 8.81. The van der Waals surface area contributed by atoms with Crippen LogP contribution in [0, 0.1) is 0 Å². The van der Waals surface area contributed by atoms with E-state index in [9.17, 15) is 0 Å². The quantitative estimate of drug-likeness (QED) is 0.653.